The molecule has 3 aromatic rings. The first-order chi connectivity index (χ1) is 9.72. The molecule has 1 amide bonds. The van der Waals surface area contributed by atoms with Crippen LogP contribution in [0.4, 0.5) is 5.82 Å². The lowest BCUT2D eigenvalue weighted by molar-refractivity contribution is -0.118. The van der Waals surface area contributed by atoms with Gasteiger partial charge in [-0.1, -0.05) is 0 Å². The first-order valence-corrected chi connectivity index (χ1v) is 6.09. The van der Waals surface area contributed by atoms with Crippen molar-refractivity contribution in [1.82, 2.24) is 19.6 Å². The fraction of sp³-hybridized carbons (Fsp3) is 0.154. The molecule has 2 N–H and O–H groups in total. The Labute approximate surface area is 114 Å². The number of anilines is 1. The van der Waals surface area contributed by atoms with Crippen LogP contribution in [0.15, 0.2) is 36.8 Å². The number of nitrogens with zero attached hydrogens (tertiary/aromatic N) is 3. The molecule has 0 aromatic carbocycles. The van der Waals surface area contributed by atoms with Crippen molar-refractivity contribution in [2.75, 3.05) is 11.9 Å². The molecular weight excluding hydrogens is 258 g/mol. The number of nitrogens with one attached hydrogen (secondary N) is 2. The minimum Gasteiger partial charge on any atom is -0.480 e. The summed E-state index contributed by atoms with van der Waals surface area (Å²) in [6, 6.07) is 5.29. The number of hydrogen-bond acceptors (Lipinski definition) is 4. The van der Waals surface area contributed by atoms with Crippen LogP contribution in [0.3, 0.4) is 0 Å². The molecule has 102 valence electrons. The molecule has 0 saturated heterocycles. The smallest absolute Gasteiger partial charge is 0.263 e. The van der Waals surface area contributed by atoms with E-state index in [-0.39, 0.29) is 12.5 Å². The number of ether oxygens (including phenoxy) is 1. The van der Waals surface area contributed by atoms with E-state index in [0.29, 0.717) is 17.2 Å². The van der Waals surface area contributed by atoms with Gasteiger partial charge >= 0.3 is 0 Å². The highest BCUT2D eigenvalue weighted by Gasteiger charge is 2.08. The Balaban J connectivity index is 1.69. The van der Waals surface area contributed by atoms with E-state index in [1.165, 1.54) is 0 Å². The second kappa shape index (κ2) is 5.04. The Morgan fingerprint density at radius 1 is 1.50 bits per heavy atom. The van der Waals surface area contributed by atoms with E-state index in [4.69, 9.17) is 4.74 Å². The van der Waals surface area contributed by atoms with Gasteiger partial charge in [-0.15, -0.1) is 0 Å². The van der Waals surface area contributed by atoms with Crippen LogP contribution in [0, 0.1) is 6.92 Å². The van der Waals surface area contributed by atoms with E-state index in [1.54, 1.807) is 18.3 Å². The van der Waals surface area contributed by atoms with Crippen molar-refractivity contribution in [3.05, 3.63) is 42.5 Å². The van der Waals surface area contributed by atoms with Crippen LogP contribution in [-0.2, 0) is 4.79 Å². The Hall–Kier alpha value is -2.83. The van der Waals surface area contributed by atoms with Gasteiger partial charge in [-0.05, 0) is 19.1 Å². The van der Waals surface area contributed by atoms with Gasteiger partial charge in [-0.2, -0.15) is 5.10 Å². The normalized spacial score (nSPS) is 10.7. The fourth-order valence-electron chi connectivity index (χ4n) is 1.88. The van der Waals surface area contributed by atoms with Gasteiger partial charge in [0.25, 0.3) is 5.91 Å². The van der Waals surface area contributed by atoms with Gasteiger partial charge in [-0.25, -0.2) is 4.98 Å². The molecule has 7 heteroatoms. The van der Waals surface area contributed by atoms with Crippen LogP contribution >= 0.6 is 0 Å². The van der Waals surface area contributed by atoms with Crippen molar-refractivity contribution in [1.29, 1.82) is 0 Å². The molecule has 0 fully saturated rings. The highest BCUT2D eigenvalue weighted by atomic mass is 16.5. The topological polar surface area (TPSA) is 84.3 Å². The number of hydrogen-bond donors (Lipinski definition) is 2. The number of carbonyl (C=O) groups is 1. The van der Waals surface area contributed by atoms with E-state index >= 15 is 0 Å². The molecule has 0 aliphatic carbocycles. The van der Waals surface area contributed by atoms with Gasteiger partial charge in [0.15, 0.2) is 18.0 Å². The standard InChI is InChI=1S/C13H13N5O2/c1-9-7-18-6-2-3-10(13(18)15-9)20-8-12(19)16-11-4-5-14-17-11/h2-7H,8H2,1H3,(H2,14,16,17,19). The number of H-pyrrole nitrogens is 1. The van der Waals surface area contributed by atoms with Crippen LogP contribution < -0.4 is 10.1 Å². The molecule has 0 bridgehead atoms. The van der Waals surface area contributed by atoms with Crippen LogP contribution in [0.25, 0.3) is 5.65 Å². The number of pyridine rings is 1. The Morgan fingerprint density at radius 2 is 2.40 bits per heavy atom. The number of aromatic nitrogens is 4. The Kier molecular flexibility index (Phi) is 3.08. The molecular formula is C13H13N5O2. The largest absolute Gasteiger partial charge is 0.480 e. The summed E-state index contributed by atoms with van der Waals surface area (Å²) in [6.07, 6.45) is 5.34. The summed E-state index contributed by atoms with van der Waals surface area (Å²) in [7, 11) is 0. The van der Waals surface area contributed by atoms with E-state index in [2.05, 4.69) is 20.5 Å². The Bertz CT molecular complexity index is 732. The molecule has 0 saturated carbocycles. The number of fused-ring (bicyclic) bond motifs is 1. The average molecular weight is 271 g/mol. The highest BCUT2D eigenvalue weighted by molar-refractivity contribution is 5.90. The summed E-state index contributed by atoms with van der Waals surface area (Å²) in [5.41, 5.74) is 1.59. The Morgan fingerprint density at radius 3 is 3.20 bits per heavy atom. The van der Waals surface area contributed by atoms with Gasteiger partial charge < -0.3 is 14.5 Å². The first-order valence-electron chi connectivity index (χ1n) is 6.09. The van der Waals surface area contributed by atoms with Gasteiger partial charge in [0.1, 0.15) is 5.82 Å². The van der Waals surface area contributed by atoms with Crippen LogP contribution in [-0.4, -0.2) is 32.1 Å². The molecule has 3 heterocycles. The molecule has 0 aliphatic rings. The van der Waals surface area contributed by atoms with Gasteiger partial charge in [0, 0.05) is 18.5 Å². The third-order valence-electron chi connectivity index (χ3n) is 2.70. The molecule has 3 aromatic heterocycles. The molecule has 0 spiro atoms. The molecule has 0 unspecified atom stereocenters. The second-order valence-corrected chi connectivity index (χ2v) is 4.29. The minimum absolute atomic E-state index is 0.0927. The zero-order valence-corrected chi connectivity index (χ0v) is 10.8. The van der Waals surface area contributed by atoms with Crippen LogP contribution in [0.5, 0.6) is 5.75 Å². The number of carbonyl (C=O) groups excluding carboxylic acids is 1. The number of imidazole rings is 1. The van der Waals surface area contributed by atoms with E-state index in [0.717, 1.165) is 5.69 Å². The summed E-state index contributed by atoms with van der Waals surface area (Å²) in [6.45, 7) is 1.81. The van der Waals surface area contributed by atoms with E-state index in [1.807, 2.05) is 29.8 Å². The predicted octanol–water partition coefficient (Wildman–Crippen LogP) is 1.38. The van der Waals surface area contributed by atoms with Crippen molar-refractivity contribution in [2.45, 2.75) is 6.92 Å². The van der Waals surface area contributed by atoms with Gasteiger partial charge in [0.05, 0.1) is 11.9 Å². The fourth-order valence-corrected chi connectivity index (χ4v) is 1.88. The zero-order chi connectivity index (χ0) is 13.9. The number of aromatic amines is 1. The SMILES string of the molecule is Cc1cn2cccc(OCC(=O)Nc3ccn[nH]3)c2n1. The zero-order valence-electron chi connectivity index (χ0n) is 10.8. The highest BCUT2D eigenvalue weighted by Crippen LogP contribution is 2.18. The van der Waals surface area contributed by atoms with Crippen LogP contribution in [0.1, 0.15) is 5.69 Å². The lowest BCUT2D eigenvalue weighted by Gasteiger charge is -2.07. The van der Waals surface area contributed by atoms with Crippen molar-refractivity contribution >= 4 is 17.4 Å². The summed E-state index contributed by atoms with van der Waals surface area (Å²) in [5, 5.41) is 9.02. The maximum absolute atomic E-state index is 11.7. The average Bonchev–Trinajstić information content (AvgIpc) is 3.04. The van der Waals surface area contributed by atoms with Gasteiger partial charge in [-0.3, -0.25) is 9.89 Å². The number of aryl methyl sites for hydroxylation is 1. The molecule has 3 rings (SSSR count). The maximum atomic E-state index is 11.7. The summed E-state index contributed by atoms with van der Waals surface area (Å²) in [5.74, 6) is 0.841. The maximum Gasteiger partial charge on any atom is 0.263 e. The lowest BCUT2D eigenvalue weighted by atomic mass is 10.4. The minimum atomic E-state index is -0.264. The third-order valence-corrected chi connectivity index (χ3v) is 2.70. The molecule has 0 atom stereocenters. The predicted molar refractivity (Wildman–Crippen MR) is 72.6 cm³/mol. The molecule has 0 aliphatic heterocycles. The van der Waals surface area contributed by atoms with E-state index < -0.39 is 0 Å². The molecule has 7 nitrogen and oxygen atoms in total. The quantitative estimate of drug-likeness (QED) is 0.751. The van der Waals surface area contributed by atoms with Crippen molar-refractivity contribution < 1.29 is 9.53 Å². The number of amides is 1. The van der Waals surface area contributed by atoms with Crippen LogP contribution in [0.2, 0.25) is 0 Å². The van der Waals surface area contributed by atoms with Gasteiger partial charge in [0.2, 0.25) is 0 Å². The molecule has 20 heavy (non-hydrogen) atoms. The molecule has 0 radical (unpaired) electrons. The summed E-state index contributed by atoms with van der Waals surface area (Å²) < 4.78 is 7.37. The third kappa shape index (κ3) is 2.46. The van der Waals surface area contributed by atoms with Crippen molar-refractivity contribution in [3.63, 3.8) is 0 Å². The monoisotopic (exact) mass is 271 g/mol. The first kappa shape index (κ1) is 12.2. The second-order valence-electron chi connectivity index (χ2n) is 4.29. The summed E-state index contributed by atoms with van der Waals surface area (Å²) >= 11 is 0. The summed E-state index contributed by atoms with van der Waals surface area (Å²) in [4.78, 5) is 16.1. The number of rotatable bonds is 4. The van der Waals surface area contributed by atoms with Crippen molar-refractivity contribution in [3.8, 4) is 5.75 Å². The van der Waals surface area contributed by atoms with E-state index in [9.17, 15) is 4.79 Å². The van der Waals surface area contributed by atoms with Crippen molar-refractivity contribution in [2.24, 2.45) is 0 Å². The lowest BCUT2D eigenvalue weighted by Crippen LogP contribution is -2.20.